The molecule has 1 aliphatic rings. The molecule has 0 unspecified atom stereocenters. The SMILES string of the molecule is COc1cnc(C(=C(c2ccc(/C=C/C(=O)O)cc2)c2ccc3n[nH]c(F)c3c2)C2CC2)c(C)c1. The highest BCUT2D eigenvalue weighted by Crippen LogP contribution is 2.48. The van der Waals surface area contributed by atoms with E-state index in [1.54, 1.807) is 19.4 Å². The van der Waals surface area contributed by atoms with Gasteiger partial charge in [-0.25, -0.2) is 4.79 Å². The van der Waals surface area contributed by atoms with E-state index in [9.17, 15) is 9.18 Å². The second-order valence-electron chi connectivity index (χ2n) is 8.67. The van der Waals surface area contributed by atoms with E-state index >= 15 is 0 Å². The van der Waals surface area contributed by atoms with E-state index in [1.165, 1.54) is 0 Å². The molecule has 0 saturated heterocycles. The monoisotopic (exact) mass is 469 g/mol. The number of carboxylic acid groups (broad SMARTS) is 1. The van der Waals surface area contributed by atoms with Crippen molar-refractivity contribution in [3.63, 3.8) is 0 Å². The number of benzene rings is 2. The van der Waals surface area contributed by atoms with Crippen molar-refractivity contribution in [2.45, 2.75) is 19.8 Å². The summed E-state index contributed by atoms with van der Waals surface area (Å²) in [4.78, 5) is 15.7. The summed E-state index contributed by atoms with van der Waals surface area (Å²) in [5.74, 6) is -0.440. The number of halogens is 1. The van der Waals surface area contributed by atoms with Crippen LogP contribution in [0.1, 0.15) is 40.8 Å². The molecule has 2 heterocycles. The smallest absolute Gasteiger partial charge is 0.328 e. The van der Waals surface area contributed by atoms with E-state index in [-0.39, 0.29) is 0 Å². The molecule has 2 aromatic carbocycles. The minimum atomic E-state index is -0.998. The maximum Gasteiger partial charge on any atom is 0.328 e. The zero-order chi connectivity index (χ0) is 24.5. The van der Waals surface area contributed by atoms with Crippen LogP contribution in [0.2, 0.25) is 0 Å². The lowest BCUT2D eigenvalue weighted by molar-refractivity contribution is -0.131. The third-order valence-corrected chi connectivity index (χ3v) is 6.21. The Balaban J connectivity index is 1.74. The van der Waals surface area contributed by atoms with Gasteiger partial charge in [0.05, 0.1) is 29.9 Å². The molecule has 5 rings (SSSR count). The molecule has 7 heteroatoms. The molecule has 176 valence electrons. The lowest BCUT2D eigenvalue weighted by atomic mass is 9.87. The van der Waals surface area contributed by atoms with Crippen molar-refractivity contribution < 1.29 is 19.0 Å². The molecule has 0 atom stereocenters. The quantitative estimate of drug-likeness (QED) is 0.330. The van der Waals surface area contributed by atoms with Crippen LogP contribution in [-0.2, 0) is 4.79 Å². The van der Waals surface area contributed by atoms with Gasteiger partial charge in [-0.15, -0.1) is 0 Å². The van der Waals surface area contributed by atoms with Crippen LogP contribution in [0, 0.1) is 18.8 Å². The summed E-state index contributed by atoms with van der Waals surface area (Å²) in [6.45, 7) is 2.02. The first kappa shape index (κ1) is 22.5. The Morgan fingerprint density at radius 3 is 2.54 bits per heavy atom. The number of pyridine rings is 1. The first-order chi connectivity index (χ1) is 16.9. The van der Waals surface area contributed by atoms with Gasteiger partial charge in [-0.1, -0.05) is 30.3 Å². The maximum atomic E-state index is 14.4. The van der Waals surface area contributed by atoms with Crippen LogP contribution in [0.3, 0.4) is 0 Å². The van der Waals surface area contributed by atoms with E-state index in [0.717, 1.165) is 58.0 Å². The lowest BCUT2D eigenvalue weighted by Gasteiger charge is -2.18. The number of ether oxygens (including phenoxy) is 1. The Labute approximate surface area is 201 Å². The molecule has 35 heavy (non-hydrogen) atoms. The van der Waals surface area contributed by atoms with Gasteiger partial charge < -0.3 is 9.84 Å². The van der Waals surface area contributed by atoms with Crippen molar-refractivity contribution in [1.82, 2.24) is 15.2 Å². The number of hydrogen-bond donors (Lipinski definition) is 2. The topological polar surface area (TPSA) is 88.1 Å². The van der Waals surface area contributed by atoms with Crippen molar-refractivity contribution in [1.29, 1.82) is 0 Å². The minimum absolute atomic E-state index is 0.334. The predicted octanol–water partition coefficient (Wildman–Crippen LogP) is 5.88. The summed E-state index contributed by atoms with van der Waals surface area (Å²) in [7, 11) is 1.62. The van der Waals surface area contributed by atoms with Gasteiger partial charge >= 0.3 is 5.97 Å². The molecule has 0 amide bonds. The zero-order valence-corrected chi connectivity index (χ0v) is 19.4. The summed E-state index contributed by atoms with van der Waals surface area (Å²) < 4.78 is 19.8. The third kappa shape index (κ3) is 4.57. The van der Waals surface area contributed by atoms with Gasteiger partial charge in [0.1, 0.15) is 5.75 Å². The van der Waals surface area contributed by atoms with Gasteiger partial charge in [-0.3, -0.25) is 10.1 Å². The van der Waals surface area contributed by atoms with Gasteiger partial charge in [0.2, 0.25) is 5.95 Å². The molecule has 6 nitrogen and oxygen atoms in total. The number of carbonyl (C=O) groups is 1. The number of aryl methyl sites for hydroxylation is 1. The number of aromatic nitrogens is 3. The average molecular weight is 470 g/mol. The van der Waals surface area contributed by atoms with Crippen LogP contribution in [0.5, 0.6) is 5.75 Å². The van der Waals surface area contributed by atoms with Crippen LogP contribution in [-0.4, -0.2) is 33.4 Å². The van der Waals surface area contributed by atoms with E-state index in [2.05, 4.69) is 10.2 Å². The largest absolute Gasteiger partial charge is 0.495 e. The highest BCUT2D eigenvalue weighted by atomic mass is 19.1. The van der Waals surface area contributed by atoms with Crippen LogP contribution in [0.15, 0.2) is 60.8 Å². The van der Waals surface area contributed by atoms with Crippen molar-refractivity contribution in [3.05, 3.63) is 94.7 Å². The molecule has 2 N–H and O–H groups in total. The van der Waals surface area contributed by atoms with E-state index in [1.807, 2.05) is 55.5 Å². The summed E-state index contributed by atoms with van der Waals surface area (Å²) in [6, 6.07) is 15.3. The van der Waals surface area contributed by atoms with Crippen LogP contribution in [0.4, 0.5) is 4.39 Å². The van der Waals surface area contributed by atoms with E-state index in [0.29, 0.717) is 22.6 Å². The fourth-order valence-corrected chi connectivity index (χ4v) is 4.37. The molecule has 1 aliphatic carbocycles. The number of nitrogens with zero attached hydrogens (tertiary/aromatic N) is 2. The number of allylic oxidation sites excluding steroid dienone is 1. The lowest BCUT2D eigenvalue weighted by Crippen LogP contribution is -2.02. The first-order valence-electron chi connectivity index (χ1n) is 11.3. The Morgan fingerprint density at radius 2 is 1.89 bits per heavy atom. The second-order valence-corrected chi connectivity index (χ2v) is 8.67. The fourth-order valence-electron chi connectivity index (χ4n) is 4.37. The molecule has 1 fully saturated rings. The molecule has 0 aliphatic heterocycles. The standard InChI is InChI=1S/C28H24FN3O3/c1-16-13-21(35-2)15-30-27(16)26(19-8-9-19)25(18-6-3-17(4-7-18)5-12-24(33)34)20-10-11-23-22(14-20)28(29)32-31-23/h3-7,10-15,19H,8-9H2,1-2H3,(H,31,32)(H,33,34)/b12-5+,26-25?. The Morgan fingerprint density at radius 1 is 1.14 bits per heavy atom. The van der Waals surface area contributed by atoms with Crippen LogP contribution >= 0.6 is 0 Å². The highest BCUT2D eigenvalue weighted by Gasteiger charge is 2.32. The first-order valence-corrected chi connectivity index (χ1v) is 11.3. The molecule has 0 radical (unpaired) electrons. The number of methoxy groups -OCH3 is 1. The Hall–Kier alpha value is -4.26. The maximum absolute atomic E-state index is 14.4. The van der Waals surface area contributed by atoms with Crippen molar-refractivity contribution in [2.75, 3.05) is 7.11 Å². The van der Waals surface area contributed by atoms with Gasteiger partial charge in [-0.2, -0.15) is 9.49 Å². The molecule has 1 saturated carbocycles. The Bertz CT molecular complexity index is 1480. The Kier molecular flexibility index (Phi) is 5.91. The predicted molar refractivity (Wildman–Crippen MR) is 133 cm³/mol. The van der Waals surface area contributed by atoms with E-state index in [4.69, 9.17) is 14.8 Å². The number of nitrogens with one attached hydrogen (secondary N) is 1. The third-order valence-electron chi connectivity index (χ3n) is 6.21. The minimum Gasteiger partial charge on any atom is -0.495 e. The van der Waals surface area contributed by atoms with Crippen molar-refractivity contribution >= 4 is 34.1 Å². The second kappa shape index (κ2) is 9.18. The van der Waals surface area contributed by atoms with Crippen molar-refractivity contribution in [3.8, 4) is 5.75 Å². The van der Waals surface area contributed by atoms with Crippen LogP contribution in [0.25, 0.3) is 28.1 Å². The molecule has 2 aromatic heterocycles. The highest BCUT2D eigenvalue weighted by molar-refractivity contribution is 6.01. The number of carboxylic acids is 1. The zero-order valence-electron chi connectivity index (χ0n) is 19.4. The van der Waals surface area contributed by atoms with E-state index < -0.39 is 11.9 Å². The van der Waals surface area contributed by atoms with Gasteiger partial charge in [-0.05, 0) is 83.4 Å². The van der Waals surface area contributed by atoms with Crippen molar-refractivity contribution in [2.24, 2.45) is 5.92 Å². The molecule has 0 spiro atoms. The number of rotatable bonds is 7. The summed E-state index contributed by atoms with van der Waals surface area (Å²) >= 11 is 0. The number of aliphatic carboxylic acids is 1. The molecule has 4 aromatic rings. The summed E-state index contributed by atoms with van der Waals surface area (Å²) in [5.41, 5.74) is 7.13. The molecule has 0 bridgehead atoms. The van der Waals surface area contributed by atoms with Gasteiger partial charge in [0, 0.05) is 6.08 Å². The molecular weight excluding hydrogens is 445 g/mol. The normalized spacial score (nSPS) is 14.4. The van der Waals surface area contributed by atoms with Crippen LogP contribution < -0.4 is 4.74 Å². The number of aromatic amines is 1. The summed E-state index contributed by atoms with van der Waals surface area (Å²) in [5, 5.41) is 15.8. The number of hydrogen-bond acceptors (Lipinski definition) is 4. The number of fused-ring (bicyclic) bond motifs is 1. The average Bonchev–Trinajstić information content (AvgIpc) is 3.64. The summed E-state index contributed by atoms with van der Waals surface area (Å²) in [6.07, 6.45) is 6.49. The fraction of sp³-hybridized carbons (Fsp3) is 0.179. The molecular formula is C28H24FN3O3. The number of H-pyrrole nitrogens is 1. The van der Waals surface area contributed by atoms with Gasteiger partial charge in [0.25, 0.3) is 0 Å². The van der Waals surface area contributed by atoms with Gasteiger partial charge in [0.15, 0.2) is 0 Å².